The molecule has 0 saturated carbocycles. The lowest BCUT2D eigenvalue weighted by Crippen LogP contribution is -2.40. The molecule has 152 valence electrons. The minimum Gasteiger partial charge on any atom is -0.379 e. The summed E-state index contributed by atoms with van der Waals surface area (Å²) in [4.78, 5) is 0. The first-order chi connectivity index (χ1) is 11.7. The van der Waals surface area contributed by atoms with Crippen LogP contribution in [-0.4, -0.2) is 39.5 Å². The third-order valence-electron chi connectivity index (χ3n) is 5.27. The Balaban J connectivity index is 5.28. The highest BCUT2D eigenvalue weighted by Gasteiger charge is 2.38. The molecule has 0 aromatic heterocycles. The molecular weight excluding hydrogens is 312 g/mol. The van der Waals surface area contributed by atoms with Crippen molar-refractivity contribution in [2.24, 2.45) is 34.1 Å². The smallest absolute Gasteiger partial charge is 0.0589 e. The molecular formula is C21H46N2O2. The second kappa shape index (κ2) is 13.1. The summed E-state index contributed by atoms with van der Waals surface area (Å²) in [5.41, 5.74) is 11.6. The first-order valence-corrected chi connectivity index (χ1v) is 10.3. The van der Waals surface area contributed by atoms with Gasteiger partial charge in [0, 0.05) is 18.5 Å². The van der Waals surface area contributed by atoms with Gasteiger partial charge in [0.05, 0.1) is 26.4 Å². The fourth-order valence-electron chi connectivity index (χ4n) is 4.14. The van der Waals surface area contributed by atoms with Crippen molar-refractivity contribution >= 4 is 0 Å². The van der Waals surface area contributed by atoms with E-state index in [9.17, 15) is 0 Å². The van der Waals surface area contributed by atoms with E-state index in [0.29, 0.717) is 32.2 Å². The van der Waals surface area contributed by atoms with Gasteiger partial charge in [0.25, 0.3) is 0 Å². The molecule has 0 saturated heterocycles. The van der Waals surface area contributed by atoms with Gasteiger partial charge in [0.15, 0.2) is 0 Å². The van der Waals surface area contributed by atoms with Crippen LogP contribution in [0.1, 0.15) is 73.6 Å². The zero-order chi connectivity index (χ0) is 19.3. The summed E-state index contributed by atoms with van der Waals surface area (Å²) in [5.74, 6) is 1.40. The Labute approximate surface area is 157 Å². The fourth-order valence-corrected chi connectivity index (χ4v) is 4.14. The highest BCUT2D eigenvalue weighted by molar-refractivity contribution is 4.88. The van der Waals surface area contributed by atoms with Gasteiger partial charge in [0.2, 0.25) is 0 Å². The molecule has 0 rings (SSSR count). The molecule has 0 bridgehead atoms. The number of hydrogen-bond donors (Lipinski definition) is 2. The van der Waals surface area contributed by atoms with E-state index in [4.69, 9.17) is 20.9 Å². The molecule has 0 amide bonds. The minimum atomic E-state index is 0.0384. The molecule has 0 heterocycles. The van der Waals surface area contributed by atoms with Gasteiger partial charge in [-0.3, -0.25) is 0 Å². The van der Waals surface area contributed by atoms with E-state index in [0.717, 1.165) is 32.0 Å². The second-order valence-electron chi connectivity index (χ2n) is 8.96. The topological polar surface area (TPSA) is 70.5 Å². The van der Waals surface area contributed by atoms with Crippen molar-refractivity contribution in [1.29, 1.82) is 0 Å². The molecule has 0 aromatic carbocycles. The first-order valence-electron chi connectivity index (χ1n) is 10.3. The zero-order valence-electron chi connectivity index (χ0n) is 17.9. The largest absolute Gasteiger partial charge is 0.379 e. The lowest BCUT2D eigenvalue weighted by Gasteiger charge is -2.42. The normalized spacial score (nSPS) is 15.4. The van der Waals surface area contributed by atoms with E-state index in [-0.39, 0.29) is 10.8 Å². The van der Waals surface area contributed by atoms with Crippen molar-refractivity contribution in [2.75, 3.05) is 39.5 Å². The SMILES string of the molecule is CCC(C)CC(C)(C)CC(COCCN)(COCCN)CC(C)CC. The second-order valence-corrected chi connectivity index (χ2v) is 8.96. The maximum absolute atomic E-state index is 5.97. The van der Waals surface area contributed by atoms with Gasteiger partial charge in [-0.1, -0.05) is 54.4 Å². The highest BCUT2D eigenvalue weighted by atomic mass is 16.5. The van der Waals surface area contributed by atoms with E-state index in [2.05, 4.69) is 41.5 Å². The minimum absolute atomic E-state index is 0.0384. The first kappa shape index (κ1) is 24.8. The van der Waals surface area contributed by atoms with Crippen LogP contribution in [0.4, 0.5) is 0 Å². The molecule has 4 heteroatoms. The van der Waals surface area contributed by atoms with Crippen LogP contribution in [0.25, 0.3) is 0 Å². The maximum atomic E-state index is 5.97. The molecule has 25 heavy (non-hydrogen) atoms. The third-order valence-corrected chi connectivity index (χ3v) is 5.27. The summed E-state index contributed by atoms with van der Waals surface area (Å²) in [5, 5.41) is 0. The lowest BCUT2D eigenvalue weighted by atomic mass is 9.66. The van der Waals surface area contributed by atoms with Gasteiger partial charge in [-0.05, 0) is 36.5 Å². The zero-order valence-corrected chi connectivity index (χ0v) is 17.9. The molecule has 0 aliphatic carbocycles. The Morgan fingerprint density at radius 1 is 0.800 bits per heavy atom. The third kappa shape index (κ3) is 11.2. The van der Waals surface area contributed by atoms with Gasteiger partial charge in [0.1, 0.15) is 0 Å². The van der Waals surface area contributed by atoms with Crippen molar-refractivity contribution in [3.05, 3.63) is 0 Å². The summed E-state index contributed by atoms with van der Waals surface area (Å²) < 4.78 is 11.9. The number of nitrogens with two attached hydrogens (primary N) is 2. The Morgan fingerprint density at radius 2 is 1.24 bits per heavy atom. The molecule has 0 spiro atoms. The predicted octanol–water partition coefficient (Wildman–Crippen LogP) is 4.21. The van der Waals surface area contributed by atoms with Gasteiger partial charge in [-0.15, -0.1) is 0 Å². The van der Waals surface area contributed by atoms with Crippen LogP contribution in [0, 0.1) is 22.7 Å². The van der Waals surface area contributed by atoms with Crippen LogP contribution < -0.4 is 11.5 Å². The van der Waals surface area contributed by atoms with Crippen LogP contribution in [0.5, 0.6) is 0 Å². The predicted molar refractivity (Wildman–Crippen MR) is 109 cm³/mol. The van der Waals surface area contributed by atoms with Crippen molar-refractivity contribution in [1.82, 2.24) is 0 Å². The molecule has 4 nitrogen and oxygen atoms in total. The summed E-state index contributed by atoms with van der Waals surface area (Å²) in [6.45, 7) is 17.9. The summed E-state index contributed by atoms with van der Waals surface area (Å²) >= 11 is 0. The highest BCUT2D eigenvalue weighted by Crippen LogP contribution is 2.43. The molecule has 0 fully saturated rings. The van der Waals surface area contributed by atoms with Gasteiger partial charge in [-0.25, -0.2) is 0 Å². The van der Waals surface area contributed by atoms with Crippen molar-refractivity contribution in [2.45, 2.75) is 73.6 Å². The standard InChI is InChI=1S/C21H46N2O2/c1-7-18(3)13-20(5,6)15-21(14-19(4)8-2,16-24-11-9-22)17-25-12-10-23/h18-19H,7-17,22-23H2,1-6H3. The summed E-state index contributed by atoms with van der Waals surface area (Å²) in [6.07, 6.45) is 5.89. The molecule has 0 radical (unpaired) electrons. The average molecular weight is 359 g/mol. The molecule has 0 aliphatic heterocycles. The molecule has 2 atom stereocenters. The van der Waals surface area contributed by atoms with Crippen LogP contribution in [0.15, 0.2) is 0 Å². The van der Waals surface area contributed by atoms with E-state index in [1.54, 1.807) is 0 Å². The Kier molecular flexibility index (Phi) is 13.0. The van der Waals surface area contributed by atoms with Crippen molar-refractivity contribution in [3.8, 4) is 0 Å². The molecule has 2 unspecified atom stereocenters. The fraction of sp³-hybridized carbons (Fsp3) is 1.00. The monoisotopic (exact) mass is 358 g/mol. The van der Waals surface area contributed by atoms with Crippen LogP contribution >= 0.6 is 0 Å². The van der Waals surface area contributed by atoms with Crippen molar-refractivity contribution < 1.29 is 9.47 Å². The maximum Gasteiger partial charge on any atom is 0.0589 e. The van der Waals surface area contributed by atoms with Crippen molar-refractivity contribution in [3.63, 3.8) is 0 Å². The average Bonchev–Trinajstić information content (AvgIpc) is 2.54. The molecule has 0 aromatic rings. The Morgan fingerprint density at radius 3 is 1.64 bits per heavy atom. The van der Waals surface area contributed by atoms with E-state index in [1.165, 1.54) is 19.3 Å². The van der Waals surface area contributed by atoms with E-state index in [1.807, 2.05) is 0 Å². The number of ether oxygens (including phenoxy) is 2. The van der Waals surface area contributed by atoms with Gasteiger partial charge >= 0.3 is 0 Å². The van der Waals surface area contributed by atoms with Crippen LogP contribution in [0.2, 0.25) is 0 Å². The van der Waals surface area contributed by atoms with Gasteiger partial charge < -0.3 is 20.9 Å². The summed E-state index contributed by atoms with van der Waals surface area (Å²) in [7, 11) is 0. The number of hydrogen-bond acceptors (Lipinski definition) is 4. The quantitative estimate of drug-likeness (QED) is 0.405. The number of rotatable bonds is 16. The van der Waals surface area contributed by atoms with Crippen LogP contribution in [0.3, 0.4) is 0 Å². The van der Waals surface area contributed by atoms with Gasteiger partial charge in [-0.2, -0.15) is 0 Å². The Hall–Kier alpha value is -0.160. The van der Waals surface area contributed by atoms with Crippen LogP contribution in [-0.2, 0) is 9.47 Å². The summed E-state index contributed by atoms with van der Waals surface area (Å²) in [6, 6.07) is 0. The van der Waals surface area contributed by atoms with E-state index < -0.39 is 0 Å². The Bertz CT molecular complexity index is 311. The molecule has 4 N–H and O–H groups in total. The van der Waals surface area contributed by atoms with E-state index >= 15 is 0 Å². The molecule has 0 aliphatic rings. The lowest BCUT2D eigenvalue weighted by molar-refractivity contribution is -0.0566.